The summed E-state index contributed by atoms with van der Waals surface area (Å²) >= 11 is 3.21. The Morgan fingerprint density at radius 1 is 1.20 bits per heavy atom. The molecule has 112 valence electrons. The summed E-state index contributed by atoms with van der Waals surface area (Å²) in [6.45, 7) is 5.19. The number of methoxy groups -OCH3 is 2. The highest BCUT2D eigenvalue weighted by Crippen LogP contribution is 2.38. The second-order valence-corrected chi connectivity index (χ2v) is 6.46. The summed E-state index contributed by atoms with van der Waals surface area (Å²) < 4.78 is 22.6. The van der Waals surface area contributed by atoms with Crippen molar-refractivity contribution in [2.45, 2.75) is 25.9 Å². The molecule has 1 aliphatic carbocycles. The number of rotatable bonds is 3. The van der Waals surface area contributed by atoms with Crippen LogP contribution in [0.15, 0.2) is 22.2 Å². The Balaban J connectivity index is 2.31. The molecule has 1 saturated heterocycles. The van der Waals surface area contributed by atoms with E-state index in [4.69, 9.17) is 18.9 Å². The minimum absolute atomic E-state index is 0.0467. The van der Waals surface area contributed by atoms with Crippen LogP contribution < -0.4 is 0 Å². The summed E-state index contributed by atoms with van der Waals surface area (Å²) in [5, 5.41) is 0. The van der Waals surface area contributed by atoms with Gasteiger partial charge in [-0.1, -0.05) is 19.9 Å². The maximum absolute atomic E-state index is 12.4. The molecular weight excluding hydrogens is 328 g/mol. The van der Waals surface area contributed by atoms with E-state index < -0.39 is 12.1 Å². The molecule has 0 amide bonds. The van der Waals surface area contributed by atoms with Crippen LogP contribution in [0.3, 0.4) is 0 Å². The average molecular weight is 347 g/mol. The summed E-state index contributed by atoms with van der Waals surface area (Å²) in [4.78, 5) is 12.4. The molecule has 0 saturated carbocycles. The Hall–Kier alpha value is -0.530. The van der Waals surface area contributed by atoms with Crippen LogP contribution in [0.5, 0.6) is 0 Å². The zero-order valence-electron chi connectivity index (χ0n) is 12.1. The second-order valence-electron chi connectivity index (χ2n) is 5.61. The van der Waals surface area contributed by atoms with E-state index in [9.17, 15) is 4.79 Å². The number of hydrogen-bond donors (Lipinski definition) is 0. The highest BCUT2D eigenvalue weighted by Gasteiger charge is 2.50. The van der Waals surface area contributed by atoms with E-state index >= 15 is 0 Å². The van der Waals surface area contributed by atoms with Gasteiger partial charge >= 0.3 is 0 Å². The molecule has 1 heterocycles. The number of carbonyl (C=O) groups is 1. The second kappa shape index (κ2) is 5.69. The van der Waals surface area contributed by atoms with E-state index in [1.54, 1.807) is 12.2 Å². The lowest BCUT2D eigenvalue weighted by Gasteiger charge is -2.41. The van der Waals surface area contributed by atoms with Gasteiger partial charge in [-0.15, -0.1) is 0 Å². The number of carbonyl (C=O) groups excluding carboxylic acids is 1. The molecule has 0 spiro atoms. The molecule has 20 heavy (non-hydrogen) atoms. The highest BCUT2D eigenvalue weighted by atomic mass is 79.9. The minimum atomic E-state index is -1.50. The van der Waals surface area contributed by atoms with E-state index in [1.807, 2.05) is 0 Å². The van der Waals surface area contributed by atoms with Crippen LogP contribution in [0.4, 0.5) is 0 Å². The Labute approximate surface area is 127 Å². The molecule has 0 N–H and O–H groups in total. The molecule has 0 unspecified atom stereocenters. The van der Waals surface area contributed by atoms with Gasteiger partial charge in [0.25, 0.3) is 5.79 Å². The Bertz CT molecular complexity index is 452. The fourth-order valence-corrected chi connectivity index (χ4v) is 2.64. The fraction of sp³-hybridized carbons (Fsp3) is 0.643. The van der Waals surface area contributed by atoms with Crippen molar-refractivity contribution in [3.05, 3.63) is 22.2 Å². The normalized spacial score (nSPS) is 26.1. The molecular formula is C14H19BrO5. The lowest BCUT2D eigenvalue weighted by molar-refractivity contribution is -0.238. The smallest absolute Gasteiger partial charge is 0.262 e. The first-order chi connectivity index (χ1) is 9.36. The summed E-state index contributed by atoms with van der Waals surface area (Å²) in [6, 6.07) is 0. The van der Waals surface area contributed by atoms with Gasteiger partial charge in [0.1, 0.15) is 0 Å². The van der Waals surface area contributed by atoms with E-state index in [1.165, 1.54) is 14.2 Å². The maximum Gasteiger partial charge on any atom is 0.262 e. The van der Waals surface area contributed by atoms with Crippen molar-refractivity contribution in [3.63, 3.8) is 0 Å². The zero-order chi connectivity index (χ0) is 15.0. The van der Waals surface area contributed by atoms with E-state index in [0.29, 0.717) is 23.3 Å². The molecule has 2 rings (SSSR count). The largest absolute Gasteiger partial charge is 0.348 e. The van der Waals surface area contributed by atoms with Gasteiger partial charge in [-0.25, -0.2) is 0 Å². The minimum Gasteiger partial charge on any atom is -0.348 e. The van der Waals surface area contributed by atoms with Crippen molar-refractivity contribution in [2.75, 3.05) is 27.4 Å². The third-order valence-corrected chi connectivity index (χ3v) is 4.01. The van der Waals surface area contributed by atoms with E-state index in [-0.39, 0.29) is 11.2 Å². The third-order valence-electron chi connectivity index (χ3n) is 3.38. The molecule has 1 aliphatic heterocycles. The average Bonchev–Trinajstić information content (AvgIpc) is 2.43. The fourth-order valence-electron chi connectivity index (χ4n) is 2.25. The molecule has 0 aromatic rings. The van der Waals surface area contributed by atoms with Gasteiger partial charge in [0.15, 0.2) is 6.29 Å². The molecule has 0 aromatic carbocycles. The highest BCUT2D eigenvalue weighted by molar-refractivity contribution is 9.12. The third kappa shape index (κ3) is 2.63. The lowest BCUT2D eigenvalue weighted by Crippen LogP contribution is -2.52. The SMILES string of the molecule is COC1(OC)C(=O)C(Br)=CC=C1C1OCC(C)(C)CO1. The summed E-state index contributed by atoms with van der Waals surface area (Å²) in [7, 11) is 2.85. The molecule has 0 radical (unpaired) electrons. The van der Waals surface area contributed by atoms with Gasteiger partial charge in [0, 0.05) is 19.6 Å². The van der Waals surface area contributed by atoms with Gasteiger partial charge in [-0.05, 0) is 22.0 Å². The number of ether oxygens (including phenoxy) is 4. The van der Waals surface area contributed by atoms with Crippen molar-refractivity contribution in [1.82, 2.24) is 0 Å². The van der Waals surface area contributed by atoms with Gasteiger partial charge in [0.2, 0.25) is 5.78 Å². The lowest BCUT2D eigenvalue weighted by atomic mass is 9.92. The molecule has 6 heteroatoms. The molecule has 0 atom stereocenters. The monoisotopic (exact) mass is 346 g/mol. The maximum atomic E-state index is 12.4. The topological polar surface area (TPSA) is 54.0 Å². The molecule has 0 aromatic heterocycles. The van der Waals surface area contributed by atoms with Crippen molar-refractivity contribution < 1.29 is 23.7 Å². The number of Topliss-reactive ketones (excluding diaryl/α,β-unsaturated/α-hetero) is 1. The quantitative estimate of drug-likeness (QED) is 0.733. The van der Waals surface area contributed by atoms with E-state index in [0.717, 1.165) is 0 Å². The Morgan fingerprint density at radius 3 is 2.25 bits per heavy atom. The van der Waals surface area contributed by atoms with Crippen molar-refractivity contribution in [1.29, 1.82) is 0 Å². The first-order valence-electron chi connectivity index (χ1n) is 6.32. The number of ketones is 1. The number of halogens is 1. The van der Waals surface area contributed by atoms with Crippen molar-refractivity contribution >= 4 is 21.7 Å². The van der Waals surface area contributed by atoms with Crippen LogP contribution in [0.1, 0.15) is 13.8 Å². The van der Waals surface area contributed by atoms with Crippen LogP contribution in [-0.4, -0.2) is 45.3 Å². The zero-order valence-corrected chi connectivity index (χ0v) is 13.7. The van der Waals surface area contributed by atoms with Crippen LogP contribution in [0, 0.1) is 5.41 Å². The van der Waals surface area contributed by atoms with E-state index in [2.05, 4.69) is 29.8 Å². The van der Waals surface area contributed by atoms with Gasteiger partial charge in [-0.3, -0.25) is 4.79 Å². The van der Waals surface area contributed by atoms with Crippen molar-refractivity contribution in [3.8, 4) is 0 Å². The van der Waals surface area contributed by atoms with Crippen molar-refractivity contribution in [2.24, 2.45) is 5.41 Å². The summed E-state index contributed by atoms with van der Waals surface area (Å²) in [5.74, 6) is -1.81. The van der Waals surface area contributed by atoms with Gasteiger partial charge in [-0.2, -0.15) is 0 Å². The summed E-state index contributed by atoms with van der Waals surface area (Å²) in [5.41, 5.74) is 0.473. The first kappa shape index (κ1) is 15.9. The molecule has 0 bridgehead atoms. The Kier molecular flexibility index (Phi) is 4.51. The van der Waals surface area contributed by atoms with Crippen LogP contribution in [-0.2, 0) is 23.7 Å². The van der Waals surface area contributed by atoms with Crippen LogP contribution in [0.25, 0.3) is 0 Å². The van der Waals surface area contributed by atoms with Crippen LogP contribution >= 0.6 is 15.9 Å². The number of allylic oxidation sites excluding steroid dienone is 2. The van der Waals surface area contributed by atoms with Gasteiger partial charge in [0.05, 0.1) is 23.3 Å². The molecule has 2 aliphatic rings. The summed E-state index contributed by atoms with van der Waals surface area (Å²) in [6.07, 6.45) is 2.74. The number of hydrogen-bond acceptors (Lipinski definition) is 5. The molecule has 5 nitrogen and oxygen atoms in total. The Morgan fingerprint density at radius 2 is 1.75 bits per heavy atom. The predicted molar refractivity (Wildman–Crippen MR) is 76.3 cm³/mol. The van der Waals surface area contributed by atoms with Crippen LogP contribution in [0.2, 0.25) is 0 Å². The predicted octanol–water partition coefficient (Wildman–Crippen LogP) is 2.16. The first-order valence-corrected chi connectivity index (χ1v) is 7.12. The molecule has 1 fully saturated rings. The standard InChI is InChI=1S/C14H19BrO5/c1-13(2)7-19-12(20-8-13)9-5-6-10(15)11(16)14(9,17-3)18-4/h5-6,12H,7-8H2,1-4H3. The van der Waals surface area contributed by atoms with Gasteiger partial charge < -0.3 is 18.9 Å².